The fourth-order valence-electron chi connectivity index (χ4n) is 3.03. The zero-order chi connectivity index (χ0) is 17.0. The van der Waals surface area contributed by atoms with Gasteiger partial charge in [-0.3, -0.25) is 9.69 Å². The number of nitrogens with zero attached hydrogens (tertiary/aromatic N) is 2. The maximum Gasteiger partial charge on any atom is 0.416 e. The Morgan fingerprint density at radius 2 is 2.04 bits per heavy atom. The van der Waals surface area contributed by atoms with Crippen molar-refractivity contribution in [3.8, 4) is 0 Å². The molecule has 3 nitrogen and oxygen atoms in total. The number of hydrogen-bond donors (Lipinski definition) is 0. The topological polar surface area (TPSA) is 23.6 Å². The van der Waals surface area contributed by atoms with Gasteiger partial charge in [0.1, 0.15) is 0 Å². The van der Waals surface area contributed by atoms with E-state index in [1.807, 2.05) is 4.90 Å². The Kier molecular flexibility index (Phi) is 5.68. The molecular weight excluding hydrogens is 305 g/mol. The van der Waals surface area contributed by atoms with Crippen molar-refractivity contribution >= 4 is 5.91 Å². The van der Waals surface area contributed by atoms with Gasteiger partial charge in [-0.1, -0.05) is 25.1 Å². The summed E-state index contributed by atoms with van der Waals surface area (Å²) in [6, 6.07) is 5.52. The van der Waals surface area contributed by atoms with E-state index in [0.717, 1.165) is 32.0 Å². The molecule has 0 radical (unpaired) electrons. The first-order valence-corrected chi connectivity index (χ1v) is 7.89. The second-order valence-electron chi connectivity index (χ2n) is 6.41. The third-order valence-corrected chi connectivity index (χ3v) is 4.18. The summed E-state index contributed by atoms with van der Waals surface area (Å²) < 4.78 is 39.0. The number of benzene rings is 1. The lowest BCUT2D eigenvalue weighted by Crippen LogP contribution is -2.43. The number of carbonyl (C=O) groups excluding carboxylic acids is 1. The van der Waals surface area contributed by atoms with E-state index in [1.165, 1.54) is 12.1 Å². The van der Waals surface area contributed by atoms with Gasteiger partial charge in [0.25, 0.3) is 0 Å². The van der Waals surface area contributed by atoms with Crippen LogP contribution in [-0.4, -0.2) is 42.4 Å². The fraction of sp³-hybridized carbons (Fsp3) is 0.588. The molecule has 2 rings (SSSR count). The number of alkyl halides is 3. The van der Waals surface area contributed by atoms with Crippen LogP contribution in [0.2, 0.25) is 0 Å². The second kappa shape index (κ2) is 7.34. The summed E-state index contributed by atoms with van der Waals surface area (Å²) in [4.78, 5) is 15.8. The fourth-order valence-corrected chi connectivity index (χ4v) is 3.03. The molecule has 1 saturated heterocycles. The number of likely N-dealkylation sites (N-methyl/N-ethyl adjacent to an activating group) is 1. The van der Waals surface area contributed by atoms with E-state index in [9.17, 15) is 18.0 Å². The number of likely N-dealkylation sites (tertiary alicyclic amines) is 1. The van der Waals surface area contributed by atoms with E-state index in [-0.39, 0.29) is 24.6 Å². The maximum absolute atomic E-state index is 13.0. The Morgan fingerprint density at radius 3 is 2.70 bits per heavy atom. The average molecular weight is 328 g/mol. The molecule has 6 heteroatoms. The summed E-state index contributed by atoms with van der Waals surface area (Å²) in [5.74, 6) is 0.479. The predicted molar refractivity (Wildman–Crippen MR) is 82.8 cm³/mol. The monoisotopic (exact) mass is 328 g/mol. The van der Waals surface area contributed by atoms with Crippen molar-refractivity contribution in [1.29, 1.82) is 0 Å². The zero-order valence-corrected chi connectivity index (χ0v) is 13.6. The molecule has 1 unspecified atom stereocenters. The molecule has 0 aromatic heterocycles. The lowest BCUT2D eigenvalue weighted by Gasteiger charge is -2.32. The molecule has 0 saturated carbocycles. The van der Waals surface area contributed by atoms with Crippen LogP contribution in [0.4, 0.5) is 13.2 Å². The van der Waals surface area contributed by atoms with Gasteiger partial charge in [-0.25, -0.2) is 0 Å². The molecule has 0 aliphatic carbocycles. The Bertz CT molecular complexity index is 545. The minimum absolute atomic E-state index is 0.0106. The molecule has 1 aromatic rings. The first kappa shape index (κ1) is 17.8. The summed E-state index contributed by atoms with van der Waals surface area (Å²) >= 11 is 0. The van der Waals surface area contributed by atoms with Crippen molar-refractivity contribution < 1.29 is 18.0 Å². The third kappa shape index (κ3) is 4.96. The van der Waals surface area contributed by atoms with Crippen molar-refractivity contribution in [1.82, 2.24) is 9.80 Å². The van der Waals surface area contributed by atoms with Gasteiger partial charge in [-0.2, -0.15) is 13.2 Å². The van der Waals surface area contributed by atoms with E-state index in [1.54, 1.807) is 18.0 Å². The van der Waals surface area contributed by atoms with E-state index in [2.05, 4.69) is 6.92 Å². The van der Waals surface area contributed by atoms with Gasteiger partial charge in [0.2, 0.25) is 5.91 Å². The highest BCUT2D eigenvalue weighted by molar-refractivity contribution is 5.78. The summed E-state index contributed by atoms with van der Waals surface area (Å²) in [6.45, 7) is 3.84. The van der Waals surface area contributed by atoms with Crippen LogP contribution in [0.5, 0.6) is 0 Å². The molecule has 23 heavy (non-hydrogen) atoms. The quantitative estimate of drug-likeness (QED) is 0.846. The summed E-state index contributed by atoms with van der Waals surface area (Å²) in [5, 5.41) is 0. The van der Waals surface area contributed by atoms with Crippen LogP contribution < -0.4 is 0 Å². The van der Waals surface area contributed by atoms with Crippen LogP contribution in [0, 0.1) is 5.92 Å². The number of hydrogen-bond acceptors (Lipinski definition) is 2. The molecule has 0 N–H and O–H groups in total. The average Bonchev–Trinajstić information content (AvgIpc) is 2.46. The molecule has 1 aliphatic rings. The van der Waals surface area contributed by atoms with Crippen molar-refractivity contribution in [2.45, 2.75) is 32.5 Å². The Labute approximate surface area is 135 Å². The Balaban J connectivity index is 1.97. The van der Waals surface area contributed by atoms with E-state index >= 15 is 0 Å². The number of halogens is 3. The molecular formula is C17H23F3N2O. The lowest BCUT2D eigenvalue weighted by atomic mass is 10.0. The van der Waals surface area contributed by atoms with Crippen molar-refractivity contribution in [3.63, 3.8) is 0 Å². The predicted octanol–water partition coefficient (Wildman–Crippen LogP) is 3.40. The number of piperidine rings is 1. The zero-order valence-electron chi connectivity index (χ0n) is 13.6. The normalized spacial score (nSPS) is 19.2. The lowest BCUT2D eigenvalue weighted by molar-refractivity contribution is -0.138. The highest BCUT2D eigenvalue weighted by Gasteiger charge is 2.33. The Morgan fingerprint density at radius 1 is 1.35 bits per heavy atom. The molecule has 1 atom stereocenters. The van der Waals surface area contributed by atoms with Crippen LogP contribution in [0.1, 0.15) is 30.9 Å². The first-order chi connectivity index (χ1) is 10.8. The summed E-state index contributed by atoms with van der Waals surface area (Å²) in [6.07, 6.45) is -2.25. The number of carbonyl (C=O) groups is 1. The minimum atomic E-state index is -4.37. The van der Waals surface area contributed by atoms with Crippen LogP contribution in [-0.2, 0) is 17.5 Å². The van der Waals surface area contributed by atoms with E-state index < -0.39 is 11.7 Å². The maximum atomic E-state index is 13.0. The van der Waals surface area contributed by atoms with Gasteiger partial charge in [-0.15, -0.1) is 0 Å². The molecule has 1 aliphatic heterocycles. The van der Waals surface area contributed by atoms with E-state index in [0.29, 0.717) is 5.92 Å². The first-order valence-electron chi connectivity index (χ1n) is 7.89. The number of amides is 1. The van der Waals surface area contributed by atoms with Gasteiger partial charge in [-0.05, 0) is 37.4 Å². The van der Waals surface area contributed by atoms with Gasteiger partial charge in [0.05, 0.1) is 12.1 Å². The Hall–Kier alpha value is -1.56. The highest BCUT2D eigenvalue weighted by Crippen LogP contribution is 2.32. The summed E-state index contributed by atoms with van der Waals surface area (Å²) in [7, 11) is 1.68. The minimum Gasteiger partial charge on any atom is -0.341 e. The molecule has 0 bridgehead atoms. The largest absolute Gasteiger partial charge is 0.416 e. The van der Waals surface area contributed by atoms with Crippen LogP contribution in [0.3, 0.4) is 0 Å². The van der Waals surface area contributed by atoms with Crippen molar-refractivity contribution in [2.75, 3.05) is 26.7 Å². The SMILES string of the molecule is CC1CCCN(C(=O)CN(C)Cc2ccccc2C(F)(F)F)C1. The van der Waals surface area contributed by atoms with Gasteiger partial charge >= 0.3 is 6.18 Å². The molecule has 1 fully saturated rings. The molecule has 1 heterocycles. The van der Waals surface area contributed by atoms with Gasteiger partial charge in [0, 0.05) is 19.6 Å². The molecule has 128 valence electrons. The van der Waals surface area contributed by atoms with Crippen LogP contribution >= 0.6 is 0 Å². The third-order valence-electron chi connectivity index (χ3n) is 4.18. The van der Waals surface area contributed by atoms with Crippen molar-refractivity contribution in [3.05, 3.63) is 35.4 Å². The standard InChI is InChI=1S/C17H23F3N2O/c1-13-6-5-9-22(10-13)16(23)12-21(2)11-14-7-3-4-8-15(14)17(18,19)20/h3-4,7-8,13H,5-6,9-12H2,1-2H3. The smallest absolute Gasteiger partial charge is 0.341 e. The van der Waals surface area contributed by atoms with Gasteiger partial charge < -0.3 is 4.90 Å². The number of rotatable bonds is 4. The second-order valence-corrected chi connectivity index (χ2v) is 6.41. The highest BCUT2D eigenvalue weighted by atomic mass is 19.4. The molecule has 0 spiro atoms. The molecule has 1 aromatic carbocycles. The summed E-state index contributed by atoms with van der Waals surface area (Å²) in [5.41, 5.74) is -0.437. The van der Waals surface area contributed by atoms with Gasteiger partial charge in [0.15, 0.2) is 0 Å². The van der Waals surface area contributed by atoms with Crippen LogP contribution in [0.25, 0.3) is 0 Å². The van der Waals surface area contributed by atoms with E-state index in [4.69, 9.17) is 0 Å². The van der Waals surface area contributed by atoms with Crippen molar-refractivity contribution in [2.24, 2.45) is 5.92 Å². The van der Waals surface area contributed by atoms with Crippen LogP contribution in [0.15, 0.2) is 24.3 Å². The molecule has 1 amide bonds.